The Labute approximate surface area is 129 Å². The van der Waals surface area contributed by atoms with Gasteiger partial charge < -0.3 is 15.0 Å². The molecule has 1 amide bonds. The number of carbonyl (C=O) groups is 1. The third kappa shape index (κ3) is 2.53. The fourth-order valence-corrected chi connectivity index (χ4v) is 2.49. The van der Waals surface area contributed by atoms with Gasteiger partial charge in [-0.15, -0.1) is 0 Å². The van der Waals surface area contributed by atoms with Crippen LogP contribution in [0.15, 0.2) is 42.6 Å². The molecule has 0 saturated heterocycles. The van der Waals surface area contributed by atoms with Gasteiger partial charge in [-0.05, 0) is 50.2 Å². The predicted molar refractivity (Wildman–Crippen MR) is 88.6 cm³/mol. The van der Waals surface area contributed by atoms with Gasteiger partial charge >= 0.3 is 0 Å². The Balaban J connectivity index is 1.91. The van der Waals surface area contributed by atoms with Gasteiger partial charge in [0.05, 0.1) is 5.56 Å². The molecule has 2 aromatic heterocycles. The van der Waals surface area contributed by atoms with Crippen molar-refractivity contribution in [3.05, 3.63) is 59.5 Å². The van der Waals surface area contributed by atoms with E-state index in [0.717, 1.165) is 22.8 Å². The summed E-state index contributed by atoms with van der Waals surface area (Å²) in [6.45, 7) is 3.93. The number of hydrogen-bond donors (Lipinski definition) is 2. The van der Waals surface area contributed by atoms with Crippen LogP contribution in [0.3, 0.4) is 0 Å². The van der Waals surface area contributed by atoms with E-state index in [1.54, 1.807) is 6.07 Å². The van der Waals surface area contributed by atoms with Crippen molar-refractivity contribution in [3.8, 4) is 0 Å². The van der Waals surface area contributed by atoms with Gasteiger partial charge in [-0.1, -0.05) is 0 Å². The van der Waals surface area contributed by atoms with Crippen molar-refractivity contribution in [2.24, 2.45) is 0 Å². The van der Waals surface area contributed by atoms with Gasteiger partial charge in [0.1, 0.15) is 5.65 Å². The molecular weight excluding hydrogens is 276 g/mol. The Bertz CT molecular complexity index is 834. The van der Waals surface area contributed by atoms with Crippen LogP contribution in [0.25, 0.3) is 5.65 Å². The first-order valence-electron chi connectivity index (χ1n) is 7.13. The van der Waals surface area contributed by atoms with Crippen molar-refractivity contribution in [1.82, 2.24) is 9.38 Å². The number of hydrogen-bond acceptors (Lipinski definition) is 3. The van der Waals surface area contributed by atoms with Crippen LogP contribution in [0.5, 0.6) is 0 Å². The first-order valence-corrected chi connectivity index (χ1v) is 7.13. The SMILES string of the molecule is CNc1ccc(NC(=O)c2ccn3c(C)cc(C)nc23)cc1. The van der Waals surface area contributed by atoms with Gasteiger partial charge in [-0.2, -0.15) is 0 Å². The molecule has 0 unspecified atom stereocenters. The minimum atomic E-state index is -0.155. The van der Waals surface area contributed by atoms with Crippen molar-refractivity contribution < 1.29 is 4.79 Å². The third-order valence-corrected chi connectivity index (χ3v) is 3.62. The smallest absolute Gasteiger partial charge is 0.259 e. The van der Waals surface area contributed by atoms with E-state index in [9.17, 15) is 4.79 Å². The summed E-state index contributed by atoms with van der Waals surface area (Å²) in [5.74, 6) is -0.155. The Hall–Kier alpha value is -2.82. The first kappa shape index (κ1) is 14.1. The molecule has 0 aliphatic carbocycles. The molecule has 3 aromatic rings. The monoisotopic (exact) mass is 294 g/mol. The zero-order valence-electron chi connectivity index (χ0n) is 12.8. The second kappa shape index (κ2) is 5.52. The summed E-state index contributed by atoms with van der Waals surface area (Å²) in [6, 6.07) is 11.4. The molecule has 0 atom stereocenters. The Morgan fingerprint density at radius 3 is 2.45 bits per heavy atom. The molecule has 0 radical (unpaired) electrons. The fraction of sp³-hybridized carbons (Fsp3) is 0.176. The molecule has 22 heavy (non-hydrogen) atoms. The molecule has 0 bridgehead atoms. The summed E-state index contributed by atoms with van der Waals surface area (Å²) < 4.78 is 1.92. The van der Waals surface area contributed by atoms with E-state index in [4.69, 9.17) is 0 Å². The lowest BCUT2D eigenvalue weighted by atomic mass is 10.2. The molecule has 0 fully saturated rings. The van der Waals surface area contributed by atoms with Crippen LogP contribution in [-0.2, 0) is 0 Å². The molecule has 0 aliphatic heterocycles. The maximum atomic E-state index is 12.5. The van der Waals surface area contributed by atoms with Gasteiger partial charge in [0.15, 0.2) is 0 Å². The van der Waals surface area contributed by atoms with Gasteiger partial charge in [0, 0.05) is 36.0 Å². The number of nitrogens with zero attached hydrogens (tertiary/aromatic N) is 2. The quantitative estimate of drug-likeness (QED) is 0.779. The van der Waals surface area contributed by atoms with Crippen molar-refractivity contribution in [3.63, 3.8) is 0 Å². The van der Waals surface area contributed by atoms with E-state index in [1.165, 1.54) is 0 Å². The number of benzene rings is 1. The minimum absolute atomic E-state index is 0.155. The van der Waals surface area contributed by atoms with Crippen molar-refractivity contribution in [2.45, 2.75) is 13.8 Å². The highest BCUT2D eigenvalue weighted by Gasteiger charge is 2.14. The van der Waals surface area contributed by atoms with E-state index in [0.29, 0.717) is 11.2 Å². The molecule has 5 heteroatoms. The van der Waals surface area contributed by atoms with Gasteiger partial charge in [0.2, 0.25) is 0 Å². The fourth-order valence-electron chi connectivity index (χ4n) is 2.49. The van der Waals surface area contributed by atoms with Crippen LogP contribution < -0.4 is 10.6 Å². The van der Waals surface area contributed by atoms with Crippen LogP contribution in [0.1, 0.15) is 21.7 Å². The second-order valence-electron chi connectivity index (χ2n) is 5.24. The maximum absolute atomic E-state index is 12.5. The lowest BCUT2D eigenvalue weighted by molar-refractivity contribution is 0.102. The molecular formula is C17H18N4O. The summed E-state index contributed by atoms with van der Waals surface area (Å²) >= 11 is 0. The molecule has 3 rings (SSSR count). The van der Waals surface area contributed by atoms with Crippen LogP contribution >= 0.6 is 0 Å². The normalized spacial score (nSPS) is 10.7. The number of rotatable bonds is 3. The highest BCUT2D eigenvalue weighted by molar-refractivity contribution is 6.08. The van der Waals surface area contributed by atoms with Crippen LogP contribution in [-0.4, -0.2) is 22.3 Å². The van der Waals surface area contributed by atoms with Crippen molar-refractivity contribution >= 4 is 22.9 Å². The van der Waals surface area contributed by atoms with Gasteiger partial charge in [0.25, 0.3) is 5.91 Å². The third-order valence-electron chi connectivity index (χ3n) is 3.62. The predicted octanol–water partition coefficient (Wildman–Crippen LogP) is 3.25. The van der Waals surface area contributed by atoms with Gasteiger partial charge in [-0.3, -0.25) is 4.79 Å². The molecule has 0 saturated carbocycles. The maximum Gasteiger partial charge on any atom is 0.259 e. The van der Waals surface area contributed by atoms with Crippen LogP contribution in [0.4, 0.5) is 11.4 Å². The molecule has 112 valence electrons. The first-order chi connectivity index (χ1) is 10.6. The number of nitrogens with one attached hydrogen (secondary N) is 2. The summed E-state index contributed by atoms with van der Waals surface area (Å²) in [5.41, 5.74) is 4.97. The molecule has 1 aromatic carbocycles. The lowest BCUT2D eigenvalue weighted by Gasteiger charge is -2.07. The number of anilines is 2. The Morgan fingerprint density at radius 2 is 1.77 bits per heavy atom. The molecule has 0 aliphatic rings. The van der Waals surface area contributed by atoms with Crippen LogP contribution in [0, 0.1) is 13.8 Å². The average molecular weight is 294 g/mol. The highest BCUT2D eigenvalue weighted by Crippen LogP contribution is 2.17. The molecule has 2 N–H and O–H groups in total. The molecule has 5 nitrogen and oxygen atoms in total. The topological polar surface area (TPSA) is 58.4 Å². The number of amides is 1. The summed E-state index contributed by atoms with van der Waals surface area (Å²) in [5, 5.41) is 5.95. The average Bonchev–Trinajstić information content (AvgIpc) is 2.92. The van der Waals surface area contributed by atoms with E-state index in [-0.39, 0.29) is 5.91 Å². The lowest BCUT2D eigenvalue weighted by Crippen LogP contribution is -2.12. The highest BCUT2D eigenvalue weighted by atomic mass is 16.1. The van der Waals surface area contributed by atoms with Crippen LogP contribution in [0.2, 0.25) is 0 Å². The summed E-state index contributed by atoms with van der Waals surface area (Å²) in [7, 11) is 1.86. The number of aromatic nitrogens is 2. The largest absolute Gasteiger partial charge is 0.388 e. The van der Waals surface area contributed by atoms with Crippen molar-refractivity contribution in [2.75, 3.05) is 17.7 Å². The van der Waals surface area contributed by atoms with E-state index >= 15 is 0 Å². The van der Waals surface area contributed by atoms with E-state index < -0.39 is 0 Å². The summed E-state index contributed by atoms with van der Waals surface area (Å²) in [4.78, 5) is 17.0. The Morgan fingerprint density at radius 1 is 1.09 bits per heavy atom. The zero-order valence-corrected chi connectivity index (χ0v) is 12.8. The summed E-state index contributed by atoms with van der Waals surface area (Å²) in [6.07, 6.45) is 1.87. The second-order valence-corrected chi connectivity index (χ2v) is 5.24. The minimum Gasteiger partial charge on any atom is -0.388 e. The Kier molecular flexibility index (Phi) is 3.55. The molecule has 0 spiro atoms. The van der Waals surface area contributed by atoms with Crippen molar-refractivity contribution in [1.29, 1.82) is 0 Å². The number of fused-ring (bicyclic) bond motifs is 1. The number of aryl methyl sites for hydroxylation is 2. The van der Waals surface area contributed by atoms with Gasteiger partial charge in [-0.25, -0.2) is 4.98 Å². The van der Waals surface area contributed by atoms with E-state index in [1.807, 2.05) is 61.8 Å². The zero-order chi connectivity index (χ0) is 15.7. The van der Waals surface area contributed by atoms with E-state index in [2.05, 4.69) is 15.6 Å². The number of carbonyl (C=O) groups excluding carboxylic acids is 1. The molecule has 2 heterocycles. The standard InChI is InChI=1S/C17H18N4O/c1-11-10-12(2)21-9-8-15(16(21)19-11)17(22)20-14-6-4-13(18-3)5-7-14/h4-10,18H,1-3H3,(H,20,22).